The van der Waals surface area contributed by atoms with Gasteiger partial charge < -0.3 is 5.32 Å². The summed E-state index contributed by atoms with van der Waals surface area (Å²) < 4.78 is 29.0. The number of nitrogens with one attached hydrogen (secondary N) is 1. The number of hydrogen-bond donors (Lipinski definition) is 1. The standard InChI is InChI=1S/C20H24F2N2OS2/c1-5-20(21,22)15-9-6-10-16(14-8-7-11-23-12-14)27-17(15)24-18(25)19(2,3)13-26-4/h5,7-8,10-12H,1,6,9,13H2,2-4H3,(H,24,25). The Bertz CT molecular complexity index is 759. The van der Waals surface area contributed by atoms with Gasteiger partial charge in [-0.05, 0) is 31.2 Å². The molecule has 27 heavy (non-hydrogen) atoms. The molecule has 1 aliphatic rings. The van der Waals surface area contributed by atoms with Crippen LogP contribution in [-0.4, -0.2) is 28.8 Å². The second kappa shape index (κ2) is 9.06. The van der Waals surface area contributed by atoms with E-state index in [0.717, 1.165) is 22.2 Å². The molecule has 1 aromatic rings. The van der Waals surface area contributed by atoms with Crippen molar-refractivity contribution in [2.45, 2.75) is 32.6 Å². The highest BCUT2D eigenvalue weighted by atomic mass is 32.2. The fourth-order valence-electron chi connectivity index (χ4n) is 2.60. The van der Waals surface area contributed by atoms with Gasteiger partial charge in [-0.1, -0.05) is 44.3 Å². The molecule has 0 aromatic carbocycles. The van der Waals surface area contributed by atoms with Gasteiger partial charge in [-0.2, -0.15) is 20.5 Å². The van der Waals surface area contributed by atoms with Crippen LogP contribution in [0.5, 0.6) is 0 Å². The second-order valence-corrected chi connectivity index (χ2v) is 8.77. The van der Waals surface area contributed by atoms with Crippen LogP contribution in [0.2, 0.25) is 0 Å². The third kappa shape index (κ3) is 5.45. The van der Waals surface area contributed by atoms with Crippen molar-refractivity contribution in [3.63, 3.8) is 0 Å². The minimum atomic E-state index is -3.18. The number of alkyl halides is 2. The van der Waals surface area contributed by atoms with Crippen LogP contribution in [0.4, 0.5) is 8.78 Å². The average molecular weight is 411 g/mol. The number of amides is 1. The molecule has 7 heteroatoms. The minimum absolute atomic E-state index is 0.106. The van der Waals surface area contributed by atoms with E-state index in [1.807, 2.05) is 32.2 Å². The zero-order chi connectivity index (χ0) is 20.1. The van der Waals surface area contributed by atoms with Gasteiger partial charge in [0.1, 0.15) is 0 Å². The van der Waals surface area contributed by atoms with E-state index in [1.54, 1.807) is 30.2 Å². The van der Waals surface area contributed by atoms with Gasteiger partial charge in [0.2, 0.25) is 5.91 Å². The summed E-state index contributed by atoms with van der Waals surface area (Å²) in [4.78, 5) is 17.7. The summed E-state index contributed by atoms with van der Waals surface area (Å²) >= 11 is 2.70. The lowest BCUT2D eigenvalue weighted by Crippen LogP contribution is -2.38. The fraction of sp³-hybridized carbons (Fsp3) is 0.400. The van der Waals surface area contributed by atoms with Crippen molar-refractivity contribution in [2.24, 2.45) is 5.41 Å². The average Bonchev–Trinajstić information content (AvgIpc) is 2.85. The van der Waals surface area contributed by atoms with Crippen molar-refractivity contribution < 1.29 is 13.6 Å². The van der Waals surface area contributed by atoms with Crippen molar-refractivity contribution in [1.29, 1.82) is 0 Å². The van der Waals surface area contributed by atoms with E-state index in [9.17, 15) is 13.6 Å². The first kappa shape index (κ1) is 21.7. The Balaban J connectivity index is 2.41. The fourth-order valence-corrected chi connectivity index (χ4v) is 4.62. The largest absolute Gasteiger partial charge is 0.320 e. The van der Waals surface area contributed by atoms with Crippen LogP contribution in [0.15, 0.2) is 53.9 Å². The van der Waals surface area contributed by atoms with E-state index in [0.29, 0.717) is 18.2 Å². The summed E-state index contributed by atoms with van der Waals surface area (Å²) in [6.45, 7) is 6.89. The summed E-state index contributed by atoms with van der Waals surface area (Å²) in [5, 5.41) is 2.96. The molecule has 0 radical (unpaired) electrons. The highest BCUT2D eigenvalue weighted by Crippen LogP contribution is 2.43. The predicted molar refractivity (Wildman–Crippen MR) is 112 cm³/mol. The van der Waals surface area contributed by atoms with Gasteiger partial charge in [0.05, 0.1) is 10.4 Å². The highest BCUT2D eigenvalue weighted by molar-refractivity contribution is 8.11. The van der Waals surface area contributed by atoms with Crippen LogP contribution in [-0.2, 0) is 4.79 Å². The number of hydrogen-bond acceptors (Lipinski definition) is 4. The maximum absolute atomic E-state index is 14.5. The summed E-state index contributed by atoms with van der Waals surface area (Å²) in [6.07, 6.45) is 8.40. The number of rotatable bonds is 7. The van der Waals surface area contributed by atoms with Crippen LogP contribution in [0.25, 0.3) is 4.91 Å². The van der Waals surface area contributed by atoms with E-state index >= 15 is 0 Å². The van der Waals surface area contributed by atoms with Gasteiger partial charge in [0.25, 0.3) is 5.92 Å². The third-order valence-electron chi connectivity index (χ3n) is 4.16. The lowest BCUT2D eigenvalue weighted by molar-refractivity contribution is -0.127. The highest BCUT2D eigenvalue weighted by Gasteiger charge is 2.36. The van der Waals surface area contributed by atoms with E-state index in [-0.39, 0.29) is 22.9 Å². The molecule has 0 atom stereocenters. The van der Waals surface area contributed by atoms with Crippen molar-refractivity contribution in [3.8, 4) is 0 Å². The Morgan fingerprint density at radius 3 is 2.81 bits per heavy atom. The molecule has 0 fully saturated rings. The Kier molecular flexibility index (Phi) is 7.28. The van der Waals surface area contributed by atoms with Crippen molar-refractivity contribution in [3.05, 3.63) is 59.4 Å². The van der Waals surface area contributed by atoms with E-state index < -0.39 is 11.3 Å². The van der Waals surface area contributed by atoms with Crippen LogP contribution in [0.1, 0.15) is 32.3 Å². The summed E-state index contributed by atoms with van der Waals surface area (Å²) in [6, 6.07) is 3.67. The van der Waals surface area contributed by atoms with Crippen molar-refractivity contribution >= 4 is 34.3 Å². The van der Waals surface area contributed by atoms with Gasteiger partial charge in [-0.3, -0.25) is 9.78 Å². The lowest BCUT2D eigenvalue weighted by atomic mass is 9.95. The minimum Gasteiger partial charge on any atom is -0.320 e. The van der Waals surface area contributed by atoms with Gasteiger partial charge in [-0.15, -0.1) is 0 Å². The molecule has 0 unspecified atom stereocenters. The zero-order valence-electron chi connectivity index (χ0n) is 15.7. The molecular formula is C20H24F2N2OS2. The molecule has 146 valence electrons. The lowest BCUT2D eigenvalue weighted by Gasteiger charge is -2.26. The predicted octanol–water partition coefficient (Wildman–Crippen LogP) is 5.49. The number of nitrogens with zero attached hydrogens (tertiary/aromatic N) is 1. The Morgan fingerprint density at radius 2 is 2.22 bits per heavy atom. The van der Waals surface area contributed by atoms with Gasteiger partial charge >= 0.3 is 0 Å². The topological polar surface area (TPSA) is 42.0 Å². The number of thioether (sulfide) groups is 2. The number of aromatic nitrogens is 1. The van der Waals surface area contributed by atoms with E-state index in [2.05, 4.69) is 16.9 Å². The zero-order valence-corrected chi connectivity index (χ0v) is 17.4. The molecule has 1 N–H and O–H groups in total. The first-order valence-electron chi connectivity index (χ1n) is 8.55. The number of allylic oxidation sites excluding steroid dienone is 3. The van der Waals surface area contributed by atoms with E-state index in [1.165, 1.54) is 0 Å². The first-order valence-corrected chi connectivity index (χ1v) is 10.8. The Morgan fingerprint density at radius 1 is 1.48 bits per heavy atom. The van der Waals surface area contributed by atoms with Crippen molar-refractivity contribution in [1.82, 2.24) is 10.3 Å². The van der Waals surface area contributed by atoms with Crippen LogP contribution in [0.3, 0.4) is 0 Å². The third-order valence-corrected chi connectivity index (χ3v) is 6.35. The molecule has 3 nitrogen and oxygen atoms in total. The maximum atomic E-state index is 14.5. The monoisotopic (exact) mass is 410 g/mol. The number of carbonyl (C=O) groups is 1. The van der Waals surface area contributed by atoms with Crippen LogP contribution in [0, 0.1) is 5.41 Å². The maximum Gasteiger partial charge on any atom is 0.290 e. The summed E-state index contributed by atoms with van der Waals surface area (Å²) in [5.74, 6) is -2.86. The van der Waals surface area contributed by atoms with E-state index in [4.69, 9.17) is 0 Å². The van der Waals surface area contributed by atoms with Gasteiger partial charge in [0, 0.05) is 34.2 Å². The molecular weight excluding hydrogens is 386 g/mol. The number of carbonyl (C=O) groups excluding carboxylic acids is 1. The normalized spacial score (nSPS) is 15.8. The molecule has 0 saturated carbocycles. The van der Waals surface area contributed by atoms with Crippen molar-refractivity contribution in [2.75, 3.05) is 12.0 Å². The number of pyridine rings is 1. The molecule has 1 amide bonds. The van der Waals surface area contributed by atoms with Crippen LogP contribution < -0.4 is 5.32 Å². The molecule has 1 aromatic heterocycles. The van der Waals surface area contributed by atoms with Gasteiger partial charge in [-0.25, -0.2) is 0 Å². The Labute approximate surface area is 167 Å². The molecule has 2 heterocycles. The molecule has 0 saturated heterocycles. The first-order chi connectivity index (χ1) is 12.7. The smallest absolute Gasteiger partial charge is 0.290 e. The number of halogens is 2. The molecule has 0 aliphatic carbocycles. The summed E-state index contributed by atoms with van der Waals surface area (Å²) in [7, 11) is 0. The SMILES string of the molecule is C=CC(F)(F)C1=C(NC(=O)C(C)(C)CSC)SC(c2cccnc2)=CCC1. The van der Waals surface area contributed by atoms with Gasteiger partial charge in [0.15, 0.2) is 0 Å². The molecule has 0 bridgehead atoms. The second-order valence-electron chi connectivity index (χ2n) is 6.86. The quantitative estimate of drug-likeness (QED) is 0.604. The molecule has 2 rings (SSSR count). The molecule has 1 aliphatic heterocycles. The molecule has 0 spiro atoms. The summed E-state index contributed by atoms with van der Waals surface area (Å²) in [5.41, 5.74) is 0.0539. The van der Waals surface area contributed by atoms with Crippen LogP contribution >= 0.6 is 23.5 Å². The Hall–Kier alpha value is -1.60.